The first-order chi connectivity index (χ1) is 11.2. The summed E-state index contributed by atoms with van der Waals surface area (Å²) in [5.41, 5.74) is 1.07. The summed E-state index contributed by atoms with van der Waals surface area (Å²) < 4.78 is 27.6. The van der Waals surface area contributed by atoms with Crippen molar-refractivity contribution in [3.05, 3.63) is 59.1 Å². The van der Waals surface area contributed by atoms with E-state index in [1.54, 1.807) is 55.5 Å². The molecule has 3 N–H and O–H groups in total. The highest BCUT2D eigenvalue weighted by molar-refractivity contribution is 7.88. The molecular formula is C16H17ClN2O4S. The van der Waals surface area contributed by atoms with Crippen molar-refractivity contribution in [3.63, 3.8) is 0 Å². The number of nitrogens with two attached hydrogens (primary N) is 1. The van der Waals surface area contributed by atoms with Crippen molar-refractivity contribution in [2.24, 2.45) is 5.14 Å². The van der Waals surface area contributed by atoms with Gasteiger partial charge < -0.3 is 10.1 Å². The Balaban J connectivity index is 1.96. The molecule has 0 aliphatic heterocycles. The molecule has 24 heavy (non-hydrogen) atoms. The van der Waals surface area contributed by atoms with Crippen LogP contribution in [0.5, 0.6) is 5.75 Å². The molecule has 2 aromatic carbocycles. The maximum absolute atomic E-state index is 12.1. The van der Waals surface area contributed by atoms with Crippen molar-refractivity contribution in [1.82, 2.24) is 0 Å². The van der Waals surface area contributed by atoms with Gasteiger partial charge >= 0.3 is 0 Å². The van der Waals surface area contributed by atoms with Crippen LogP contribution in [0.15, 0.2) is 48.5 Å². The van der Waals surface area contributed by atoms with Crippen molar-refractivity contribution >= 4 is 33.2 Å². The van der Waals surface area contributed by atoms with E-state index in [0.29, 0.717) is 22.0 Å². The van der Waals surface area contributed by atoms with E-state index in [1.807, 2.05) is 0 Å². The summed E-state index contributed by atoms with van der Waals surface area (Å²) in [5.74, 6) is -0.0991. The van der Waals surface area contributed by atoms with E-state index in [-0.39, 0.29) is 11.7 Å². The number of benzene rings is 2. The van der Waals surface area contributed by atoms with Crippen LogP contribution in [0.25, 0.3) is 0 Å². The number of sulfonamides is 1. The summed E-state index contributed by atoms with van der Waals surface area (Å²) in [4.78, 5) is 12.1. The normalized spacial score (nSPS) is 12.5. The van der Waals surface area contributed by atoms with Crippen LogP contribution in [0.1, 0.15) is 12.5 Å². The molecule has 0 saturated carbocycles. The lowest BCUT2D eigenvalue weighted by Crippen LogP contribution is -2.30. The highest BCUT2D eigenvalue weighted by atomic mass is 35.5. The van der Waals surface area contributed by atoms with Crippen LogP contribution in [-0.2, 0) is 20.6 Å². The summed E-state index contributed by atoms with van der Waals surface area (Å²) in [6, 6.07) is 13.1. The Bertz CT molecular complexity index is 822. The van der Waals surface area contributed by atoms with E-state index in [9.17, 15) is 13.2 Å². The second-order valence-corrected chi connectivity index (χ2v) is 7.26. The lowest BCUT2D eigenvalue weighted by atomic mass is 10.2. The third-order valence-corrected chi connectivity index (χ3v) is 4.04. The number of hydrogen-bond donors (Lipinski definition) is 2. The monoisotopic (exact) mass is 368 g/mol. The zero-order valence-corrected chi connectivity index (χ0v) is 14.5. The molecular weight excluding hydrogens is 352 g/mol. The minimum atomic E-state index is -3.58. The minimum absolute atomic E-state index is 0.254. The molecule has 0 aliphatic rings. The second-order valence-electron chi connectivity index (χ2n) is 5.21. The van der Waals surface area contributed by atoms with Crippen LogP contribution in [0.3, 0.4) is 0 Å². The lowest BCUT2D eigenvalue weighted by molar-refractivity contribution is -0.122. The number of halogens is 1. The number of amides is 1. The molecule has 6 nitrogen and oxygen atoms in total. The van der Waals surface area contributed by atoms with Gasteiger partial charge in [-0.3, -0.25) is 4.79 Å². The van der Waals surface area contributed by atoms with Crippen LogP contribution in [0, 0.1) is 0 Å². The number of carbonyl (C=O) groups is 1. The Morgan fingerprint density at radius 2 is 1.92 bits per heavy atom. The van der Waals surface area contributed by atoms with E-state index in [1.165, 1.54) is 0 Å². The summed E-state index contributed by atoms with van der Waals surface area (Å²) in [7, 11) is -3.58. The van der Waals surface area contributed by atoms with Gasteiger partial charge in [-0.05, 0) is 42.8 Å². The van der Waals surface area contributed by atoms with E-state index < -0.39 is 16.1 Å². The molecule has 0 spiro atoms. The zero-order valence-electron chi connectivity index (χ0n) is 12.9. The average Bonchev–Trinajstić information content (AvgIpc) is 2.47. The number of anilines is 1. The highest BCUT2D eigenvalue weighted by Gasteiger charge is 2.15. The van der Waals surface area contributed by atoms with Crippen LogP contribution < -0.4 is 15.2 Å². The summed E-state index contributed by atoms with van der Waals surface area (Å²) in [6.07, 6.45) is -0.729. The fourth-order valence-corrected chi connectivity index (χ4v) is 2.80. The van der Waals surface area contributed by atoms with Crippen LogP contribution in [-0.4, -0.2) is 20.4 Å². The number of nitrogens with one attached hydrogen (secondary N) is 1. The van der Waals surface area contributed by atoms with Gasteiger partial charge in [0.15, 0.2) is 6.10 Å². The van der Waals surface area contributed by atoms with Gasteiger partial charge in [-0.25, -0.2) is 13.6 Å². The number of ether oxygens (including phenoxy) is 1. The topological polar surface area (TPSA) is 98.5 Å². The third kappa shape index (κ3) is 5.84. The molecule has 0 aromatic heterocycles. The lowest BCUT2D eigenvalue weighted by Gasteiger charge is -2.15. The Kier molecular flexibility index (Phi) is 5.82. The fourth-order valence-electron chi connectivity index (χ4n) is 1.96. The maximum Gasteiger partial charge on any atom is 0.265 e. The second kappa shape index (κ2) is 7.65. The highest BCUT2D eigenvalue weighted by Crippen LogP contribution is 2.19. The summed E-state index contributed by atoms with van der Waals surface area (Å²) >= 11 is 5.87. The molecule has 0 heterocycles. The number of rotatable bonds is 6. The Morgan fingerprint density at radius 3 is 2.50 bits per heavy atom. The molecule has 0 radical (unpaired) electrons. The van der Waals surface area contributed by atoms with Crippen molar-refractivity contribution in [1.29, 1.82) is 0 Å². The van der Waals surface area contributed by atoms with Crippen molar-refractivity contribution in [3.8, 4) is 5.75 Å². The molecule has 1 atom stereocenters. The quantitative estimate of drug-likeness (QED) is 0.818. The summed E-state index contributed by atoms with van der Waals surface area (Å²) in [6.45, 7) is 1.62. The van der Waals surface area contributed by atoms with E-state index in [4.69, 9.17) is 21.5 Å². The van der Waals surface area contributed by atoms with Gasteiger partial charge in [-0.2, -0.15) is 0 Å². The molecule has 1 unspecified atom stereocenters. The van der Waals surface area contributed by atoms with Gasteiger partial charge in [0.2, 0.25) is 10.0 Å². The van der Waals surface area contributed by atoms with Crippen molar-refractivity contribution < 1.29 is 17.9 Å². The molecule has 0 aliphatic carbocycles. The fraction of sp³-hybridized carbons (Fsp3) is 0.188. The predicted molar refractivity (Wildman–Crippen MR) is 93.4 cm³/mol. The van der Waals surface area contributed by atoms with Gasteiger partial charge in [0.1, 0.15) is 5.75 Å². The van der Waals surface area contributed by atoms with Gasteiger partial charge in [-0.1, -0.05) is 29.8 Å². The SMILES string of the molecule is CC(Oc1cccc(Cl)c1)C(=O)Nc1ccc(CS(N)(=O)=O)cc1. The molecule has 2 aromatic rings. The molecule has 128 valence electrons. The number of primary sulfonamides is 1. The Labute approximate surface area is 145 Å². The van der Waals surface area contributed by atoms with Crippen molar-refractivity contribution in [2.45, 2.75) is 18.8 Å². The Hall–Kier alpha value is -2.09. The smallest absolute Gasteiger partial charge is 0.265 e. The molecule has 8 heteroatoms. The molecule has 0 bridgehead atoms. The van der Waals surface area contributed by atoms with E-state index in [2.05, 4.69) is 5.32 Å². The molecule has 2 rings (SSSR count). The van der Waals surface area contributed by atoms with Gasteiger partial charge in [-0.15, -0.1) is 0 Å². The average molecular weight is 369 g/mol. The maximum atomic E-state index is 12.1. The standard InChI is InChI=1S/C16H17ClN2O4S/c1-11(23-15-4-2-3-13(17)9-15)16(20)19-14-7-5-12(6-8-14)10-24(18,21)22/h2-9,11H,10H2,1H3,(H,19,20)(H2,18,21,22). The van der Waals surface area contributed by atoms with Crippen LogP contribution in [0.4, 0.5) is 5.69 Å². The zero-order chi connectivity index (χ0) is 17.7. The van der Waals surface area contributed by atoms with E-state index in [0.717, 1.165) is 0 Å². The van der Waals surface area contributed by atoms with Crippen molar-refractivity contribution in [2.75, 3.05) is 5.32 Å². The van der Waals surface area contributed by atoms with Gasteiger partial charge in [0.25, 0.3) is 5.91 Å². The first-order valence-corrected chi connectivity index (χ1v) is 9.15. The Morgan fingerprint density at radius 1 is 1.25 bits per heavy atom. The number of carbonyl (C=O) groups excluding carboxylic acids is 1. The molecule has 1 amide bonds. The third-order valence-electron chi connectivity index (χ3n) is 3.07. The first kappa shape index (κ1) is 18.3. The summed E-state index contributed by atoms with van der Waals surface area (Å²) in [5, 5.41) is 8.19. The minimum Gasteiger partial charge on any atom is -0.481 e. The van der Waals surface area contributed by atoms with Crippen LogP contribution >= 0.6 is 11.6 Å². The number of hydrogen-bond acceptors (Lipinski definition) is 4. The molecule has 0 saturated heterocycles. The van der Waals surface area contributed by atoms with Crippen LogP contribution in [0.2, 0.25) is 5.02 Å². The largest absolute Gasteiger partial charge is 0.481 e. The van der Waals surface area contributed by atoms with Gasteiger partial charge in [0, 0.05) is 10.7 Å². The van der Waals surface area contributed by atoms with Gasteiger partial charge in [0.05, 0.1) is 5.75 Å². The molecule has 0 fully saturated rings. The predicted octanol–water partition coefficient (Wildman–Crippen LogP) is 2.53. The first-order valence-electron chi connectivity index (χ1n) is 7.05. The van der Waals surface area contributed by atoms with E-state index >= 15 is 0 Å².